The molecule has 1 heterocycles. The number of para-hydroxylation sites is 2. The number of allylic oxidation sites excluding steroid dienone is 1. The number of nitrogens with zero attached hydrogens (tertiary/aromatic N) is 1. The van der Waals surface area contributed by atoms with E-state index in [2.05, 4.69) is 93.3 Å². The van der Waals surface area contributed by atoms with Crippen LogP contribution in [0.3, 0.4) is 0 Å². The van der Waals surface area contributed by atoms with Crippen molar-refractivity contribution >= 4 is 34.7 Å². The third-order valence-electron chi connectivity index (χ3n) is 9.02. The summed E-state index contributed by atoms with van der Waals surface area (Å²) in [5.41, 5.74) is 10.8. The van der Waals surface area contributed by atoms with Crippen LogP contribution in [-0.2, 0) is 18.3 Å². The fourth-order valence-corrected chi connectivity index (χ4v) is 6.68. The van der Waals surface area contributed by atoms with Crippen molar-refractivity contribution in [1.29, 1.82) is 0 Å². The summed E-state index contributed by atoms with van der Waals surface area (Å²) in [5.74, 6) is -0.338. The Kier molecular flexibility index (Phi) is 7.45. The Morgan fingerprint density at radius 3 is 1.69 bits per heavy atom. The van der Waals surface area contributed by atoms with Crippen molar-refractivity contribution in [3.05, 3.63) is 129 Å². The minimum absolute atomic E-state index is 0.124. The molecule has 212 valence electrons. The lowest BCUT2D eigenvalue weighted by molar-refractivity contribution is 0.0990. The lowest BCUT2D eigenvalue weighted by Crippen LogP contribution is -2.31. The Morgan fingerprint density at radius 1 is 0.643 bits per heavy atom. The maximum atomic E-state index is 13.3. The van der Waals surface area contributed by atoms with Crippen molar-refractivity contribution in [1.82, 2.24) is 0 Å². The lowest BCUT2D eigenvalue weighted by atomic mass is 9.73. The molecule has 0 radical (unpaired) electrons. The molecule has 0 amide bonds. The molecule has 4 aromatic rings. The molecule has 1 aliphatic carbocycles. The van der Waals surface area contributed by atoms with E-state index < -0.39 is 0 Å². The SMILES string of the molecule is CCCCc1cc(N2c3ccccc3C(C)(C)c3ccccc32)c(CCCC)cc1C=C1C(=O)c2ccccc2C1=O. The summed E-state index contributed by atoms with van der Waals surface area (Å²) in [5, 5.41) is 0. The van der Waals surface area contributed by atoms with Crippen LogP contribution in [0.25, 0.3) is 6.08 Å². The molecular formula is C39H39NO2. The summed E-state index contributed by atoms with van der Waals surface area (Å²) in [4.78, 5) is 29.1. The normalized spacial score (nSPS) is 15.0. The summed E-state index contributed by atoms with van der Waals surface area (Å²) < 4.78 is 0. The van der Waals surface area contributed by atoms with Crippen molar-refractivity contribution in [3.63, 3.8) is 0 Å². The van der Waals surface area contributed by atoms with Crippen LogP contribution in [-0.4, -0.2) is 11.6 Å². The third kappa shape index (κ3) is 4.61. The summed E-state index contributed by atoms with van der Waals surface area (Å²) in [6.45, 7) is 9.05. The zero-order chi connectivity index (χ0) is 29.4. The first-order chi connectivity index (χ1) is 20.4. The Morgan fingerprint density at radius 2 is 1.14 bits per heavy atom. The molecule has 0 aromatic heterocycles. The van der Waals surface area contributed by atoms with Crippen LogP contribution >= 0.6 is 0 Å². The van der Waals surface area contributed by atoms with Crippen LogP contribution < -0.4 is 4.90 Å². The van der Waals surface area contributed by atoms with E-state index in [1.54, 1.807) is 12.1 Å². The average molecular weight is 554 g/mol. The number of carbonyl (C=O) groups excluding carboxylic acids is 2. The molecule has 0 N–H and O–H groups in total. The van der Waals surface area contributed by atoms with Gasteiger partial charge in [-0.25, -0.2) is 0 Å². The molecule has 42 heavy (non-hydrogen) atoms. The van der Waals surface area contributed by atoms with Crippen LogP contribution in [0, 0.1) is 0 Å². The molecule has 2 aliphatic rings. The minimum atomic E-state index is -0.169. The largest absolute Gasteiger partial charge is 0.310 e. The van der Waals surface area contributed by atoms with Crippen LogP contribution in [0.5, 0.6) is 0 Å². The van der Waals surface area contributed by atoms with Gasteiger partial charge < -0.3 is 4.90 Å². The van der Waals surface area contributed by atoms with Gasteiger partial charge in [-0.2, -0.15) is 0 Å². The fraction of sp³-hybridized carbons (Fsp3) is 0.282. The number of carbonyl (C=O) groups is 2. The van der Waals surface area contributed by atoms with Gasteiger partial charge in [0, 0.05) is 22.2 Å². The molecule has 0 fully saturated rings. The number of hydrogen-bond donors (Lipinski definition) is 0. The van der Waals surface area contributed by atoms with E-state index in [4.69, 9.17) is 0 Å². The second kappa shape index (κ2) is 11.2. The molecule has 0 saturated carbocycles. The predicted molar refractivity (Wildman–Crippen MR) is 174 cm³/mol. The van der Waals surface area contributed by atoms with Crippen molar-refractivity contribution in [2.24, 2.45) is 0 Å². The van der Waals surface area contributed by atoms with Gasteiger partial charge in [-0.3, -0.25) is 9.59 Å². The molecule has 0 bridgehead atoms. The van der Waals surface area contributed by atoms with Gasteiger partial charge in [0.1, 0.15) is 0 Å². The molecule has 3 heteroatoms. The van der Waals surface area contributed by atoms with Gasteiger partial charge >= 0.3 is 0 Å². The van der Waals surface area contributed by atoms with Gasteiger partial charge in [-0.05, 0) is 83.8 Å². The first kappa shape index (κ1) is 27.9. The van der Waals surface area contributed by atoms with E-state index in [1.165, 1.54) is 39.3 Å². The first-order valence-corrected chi connectivity index (χ1v) is 15.4. The molecule has 0 atom stereocenters. The Hall–Kier alpha value is -4.24. The van der Waals surface area contributed by atoms with E-state index >= 15 is 0 Å². The summed E-state index contributed by atoms with van der Waals surface area (Å²) >= 11 is 0. The number of anilines is 3. The molecule has 0 saturated heterocycles. The highest BCUT2D eigenvalue weighted by molar-refractivity contribution is 6.41. The zero-order valence-corrected chi connectivity index (χ0v) is 25.2. The van der Waals surface area contributed by atoms with Gasteiger partial charge in [-0.1, -0.05) is 101 Å². The molecule has 0 spiro atoms. The summed E-state index contributed by atoms with van der Waals surface area (Å²) in [7, 11) is 0. The number of fused-ring (bicyclic) bond motifs is 3. The molecule has 4 aromatic carbocycles. The molecular weight excluding hydrogens is 514 g/mol. The first-order valence-electron chi connectivity index (χ1n) is 15.4. The Labute approximate surface area is 249 Å². The quantitative estimate of drug-likeness (QED) is 0.161. The van der Waals surface area contributed by atoms with Gasteiger partial charge in [-0.15, -0.1) is 0 Å². The average Bonchev–Trinajstić information content (AvgIpc) is 3.25. The maximum absolute atomic E-state index is 13.3. The van der Waals surface area contributed by atoms with Gasteiger partial charge in [0.05, 0.1) is 16.9 Å². The highest BCUT2D eigenvalue weighted by Crippen LogP contribution is 2.52. The van der Waals surface area contributed by atoms with E-state index in [0.717, 1.165) is 44.1 Å². The fourth-order valence-electron chi connectivity index (χ4n) is 6.68. The standard InChI is InChI=1S/C39H39NO2/c1-5-7-15-26-25-36(40-34-21-13-11-19-32(34)39(3,4)33-20-12-14-22-35(33)40)27(16-8-6-2)23-28(26)24-31-37(41)29-17-9-10-18-30(29)38(31)42/h9-14,17-25H,5-8,15-16H2,1-4H3. The Balaban J connectivity index is 1.57. The molecule has 1 aliphatic heterocycles. The van der Waals surface area contributed by atoms with Gasteiger partial charge in [0.15, 0.2) is 11.6 Å². The topological polar surface area (TPSA) is 37.4 Å². The summed E-state index contributed by atoms with van der Waals surface area (Å²) in [6.07, 6.45) is 7.92. The van der Waals surface area contributed by atoms with Crippen molar-refractivity contribution in [2.75, 3.05) is 4.90 Å². The second-order valence-electron chi connectivity index (χ2n) is 12.1. The van der Waals surface area contributed by atoms with Crippen molar-refractivity contribution in [2.45, 2.75) is 71.6 Å². The van der Waals surface area contributed by atoms with Crippen LogP contribution in [0.2, 0.25) is 0 Å². The van der Waals surface area contributed by atoms with E-state index in [0.29, 0.717) is 11.1 Å². The van der Waals surface area contributed by atoms with Gasteiger partial charge in [0.2, 0.25) is 0 Å². The smallest absolute Gasteiger partial charge is 0.197 e. The maximum Gasteiger partial charge on any atom is 0.197 e. The number of unbranched alkanes of at least 4 members (excludes halogenated alkanes) is 2. The molecule has 0 unspecified atom stereocenters. The van der Waals surface area contributed by atoms with E-state index in [1.807, 2.05) is 18.2 Å². The van der Waals surface area contributed by atoms with E-state index in [-0.39, 0.29) is 22.6 Å². The third-order valence-corrected chi connectivity index (χ3v) is 9.02. The minimum Gasteiger partial charge on any atom is -0.310 e. The number of ketones is 2. The number of Topliss-reactive ketones (excluding diaryl/α,β-unsaturated/α-hetero) is 2. The molecule has 6 rings (SSSR count). The molecule has 3 nitrogen and oxygen atoms in total. The second-order valence-corrected chi connectivity index (χ2v) is 12.1. The monoisotopic (exact) mass is 553 g/mol. The van der Waals surface area contributed by atoms with Crippen LogP contribution in [0.4, 0.5) is 17.1 Å². The highest BCUT2D eigenvalue weighted by atomic mass is 16.2. The highest BCUT2D eigenvalue weighted by Gasteiger charge is 2.37. The number of aryl methyl sites for hydroxylation is 2. The van der Waals surface area contributed by atoms with Crippen molar-refractivity contribution in [3.8, 4) is 0 Å². The number of rotatable bonds is 8. The lowest BCUT2D eigenvalue weighted by Gasteiger charge is -2.42. The number of hydrogen-bond acceptors (Lipinski definition) is 3. The summed E-state index contributed by atoms with van der Waals surface area (Å²) in [6, 6.07) is 29.3. The van der Waals surface area contributed by atoms with Crippen LogP contribution in [0.15, 0.2) is 90.5 Å². The predicted octanol–water partition coefficient (Wildman–Crippen LogP) is 9.94. The van der Waals surface area contributed by atoms with Crippen molar-refractivity contribution < 1.29 is 9.59 Å². The van der Waals surface area contributed by atoms with Crippen LogP contribution in [0.1, 0.15) is 102 Å². The Bertz CT molecular complexity index is 1640. The number of benzene rings is 4. The zero-order valence-electron chi connectivity index (χ0n) is 25.2. The van der Waals surface area contributed by atoms with Gasteiger partial charge in [0.25, 0.3) is 0 Å². The van der Waals surface area contributed by atoms with E-state index in [9.17, 15) is 9.59 Å².